The number of hydrogen-bond acceptors (Lipinski definition) is 9. The van der Waals surface area contributed by atoms with Crippen LogP contribution < -0.4 is 15.8 Å². The molecule has 2 atom stereocenters. The molecule has 0 saturated heterocycles. The molecule has 1 aromatic heterocycles. The molecule has 9 heteroatoms. The van der Waals surface area contributed by atoms with Gasteiger partial charge in [0.15, 0.2) is 0 Å². The molecule has 9 nitrogen and oxygen atoms in total. The van der Waals surface area contributed by atoms with E-state index < -0.39 is 6.10 Å². The van der Waals surface area contributed by atoms with E-state index in [0.29, 0.717) is 35.3 Å². The van der Waals surface area contributed by atoms with Crippen LogP contribution in [0.5, 0.6) is 5.75 Å². The van der Waals surface area contributed by atoms with Crippen molar-refractivity contribution in [3.63, 3.8) is 0 Å². The van der Waals surface area contributed by atoms with Crippen molar-refractivity contribution in [1.82, 2.24) is 15.5 Å². The lowest BCUT2D eigenvalue weighted by Gasteiger charge is -2.13. The van der Waals surface area contributed by atoms with Crippen LogP contribution in [0.4, 0.5) is 5.69 Å². The van der Waals surface area contributed by atoms with Crippen LogP contribution in [-0.2, 0) is 6.42 Å². The third-order valence-electron chi connectivity index (χ3n) is 5.34. The second kappa shape index (κ2) is 9.44. The monoisotopic (exact) mass is 426 g/mol. The maximum atomic E-state index is 9.42. The molecule has 0 bridgehead atoms. The molecule has 4 rings (SSSR count). The Hall–Kier alpha value is -2.98. The first kappa shape index (κ1) is 21.3. The van der Waals surface area contributed by atoms with Gasteiger partial charge >= 0.3 is 0 Å². The predicted octanol–water partition coefficient (Wildman–Crippen LogP) is 1.29. The summed E-state index contributed by atoms with van der Waals surface area (Å²) in [6, 6.07) is 11.4. The van der Waals surface area contributed by atoms with Gasteiger partial charge in [-0.1, -0.05) is 23.4 Å². The Morgan fingerprint density at radius 1 is 1.26 bits per heavy atom. The first-order valence-electron chi connectivity index (χ1n) is 10.2. The molecule has 164 valence electrons. The average molecular weight is 426 g/mol. The van der Waals surface area contributed by atoms with Crippen LogP contribution in [-0.4, -0.2) is 57.9 Å². The summed E-state index contributed by atoms with van der Waals surface area (Å²) in [5.74, 6) is 1.26. The van der Waals surface area contributed by atoms with Crippen LogP contribution >= 0.6 is 0 Å². The van der Waals surface area contributed by atoms with Gasteiger partial charge in [0, 0.05) is 23.7 Å². The van der Waals surface area contributed by atoms with Crippen molar-refractivity contribution in [2.75, 3.05) is 32.1 Å². The van der Waals surface area contributed by atoms with Gasteiger partial charge in [-0.3, -0.25) is 0 Å². The van der Waals surface area contributed by atoms with E-state index in [0.717, 1.165) is 18.4 Å². The normalized spacial score (nSPS) is 16.3. The molecule has 31 heavy (non-hydrogen) atoms. The van der Waals surface area contributed by atoms with Crippen LogP contribution in [0.25, 0.3) is 22.8 Å². The van der Waals surface area contributed by atoms with Crippen molar-refractivity contribution in [2.45, 2.75) is 25.0 Å². The average Bonchev–Trinajstić information content (AvgIpc) is 3.44. The largest absolute Gasteiger partial charge is 0.489 e. The zero-order valence-electron chi connectivity index (χ0n) is 17.0. The van der Waals surface area contributed by atoms with Crippen molar-refractivity contribution in [3.05, 3.63) is 47.5 Å². The number of rotatable bonds is 9. The number of hydrogen-bond donors (Lipinski definition) is 5. The molecular weight excluding hydrogens is 400 g/mol. The summed E-state index contributed by atoms with van der Waals surface area (Å²) in [7, 11) is 0. The molecule has 2 aromatic carbocycles. The molecule has 1 aliphatic rings. The van der Waals surface area contributed by atoms with Crippen molar-refractivity contribution >= 4 is 5.69 Å². The van der Waals surface area contributed by atoms with Crippen molar-refractivity contribution in [2.24, 2.45) is 0 Å². The van der Waals surface area contributed by atoms with Gasteiger partial charge in [-0.2, -0.15) is 4.98 Å². The molecule has 3 aromatic rings. The van der Waals surface area contributed by atoms with E-state index in [-0.39, 0.29) is 25.9 Å². The molecule has 0 radical (unpaired) electrons. The topological polar surface area (TPSA) is 147 Å². The Labute approximate surface area is 179 Å². The Kier molecular flexibility index (Phi) is 6.47. The minimum atomic E-state index is -0.969. The van der Waals surface area contributed by atoms with Crippen molar-refractivity contribution in [3.8, 4) is 28.6 Å². The standard InChI is InChI=1S/C22H26N4O5/c23-18-10-13(4-7-20(18)30-12-14(29)11-28)22-25-21(26-31-22)17-3-1-2-16-15(17)5-6-19(16)24-8-9-27/h1-4,7,10,14,19,24,27-29H,5-6,8-9,11-12,23H2/t14-,19?/m0/s1. The summed E-state index contributed by atoms with van der Waals surface area (Å²) < 4.78 is 10.9. The first-order chi connectivity index (χ1) is 15.1. The Balaban J connectivity index is 1.54. The second-order valence-corrected chi connectivity index (χ2v) is 7.47. The Bertz CT molecular complexity index is 1040. The minimum Gasteiger partial charge on any atom is -0.489 e. The van der Waals surface area contributed by atoms with Gasteiger partial charge in [0.2, 0.25) is 5.82 Å². The third-order valence-corrected chi connectivity index (χ3v) is 5.34. The number of aromatic nitrogens is 2. The third kappa shape index (κ3) is 4.54. The number of aliphatic hydroxyl groups is 3. The lowest BCUT2D eigenvalue weighted by molar-refractivity contribution is 0.0538. The zero-order valence-corrected chi connectivity index (χ0v) is 17.0. The van der Waals surface area contributed by atoms with E-state index in [1.807, 2.05) is 12.1 Å². The number of benzene rings is 2. The molecule has 0 fully saturated rings. The van der Waals surface area contributed by atoms with E-state index in [9.17, 15) is 5.11 Å². The maximum Gasteiger partial charge on any atom is 0.258 e. The zero-order chi connectivity index (χ0) is 21.8. The molecule has 1 aliphatic carbocycles. The summed E-state index contributed by atoms with van der Waals surface area (Å²) in [4.78, 5) is 4.57. The van der Waals surface area contributed by atoms with E-state index >= 15 is 0 Å². The van der Waals surface area contributed by atoms with Crippen LogP contribution in [0, 0.1) is 0 Å². The highest BCUT2D eigenvalue weighted by Crippen LogP contribution is 2.37. The highest BCUT2D eigenvalue weighted by molar-refractivity contribution is 5.69. The first-order valence-corrected chi connectivity index (χ1v) is 10.2. The number of nitrogens with zero attached hydrogens (tertiary/aromatic N) is 2. The van der Waals surface area contributed by atoms with Crippen LogP contribution in [0.3, 0.4) is 0 Å². The van der Waals surface area contributed by atoms with Gasteiger partial charge in [0.25, 0.3) is 5.89 Å². The summed E-state index contributed by atoms with van der Waals surface area (Å²) in [6.45, 7) is 0.220. The highest BCUT2D eigenvalue weighted by Gasteiger charge is 2.26. The van der Waals surface area contributed by atoms with Crippen molar-refractivity contribution < 1.29 is 24.6 Å². The summed E-state index contributed by atoms with van der Waals surface area (Å²) in [5.41, 5.74) is 10.4. The van der Waals surface area contributed by atoms with Gasteiger partial charge < -0.3 is 35.6 Å². The van der Waals surface area contributed by atoms with E-state index in [1.165, 1.54) is 11.1 Å². The molecule has 0 amide bonds. The molecule has 1 heterocycles. The molecule has 6 N–H and O–H groups in total. The number of fused-ring (bicyclic) bond motifs is 1. The lowest BCUT2D eigenvalue weighted by Crippen LogP contribution is -2.22. The maximum absolute atomic E-state index is 9.42. The number of nitrogens with two attached hydrogens (primary N) is 1. The fourth-order valence-electron chi connectivity index (χ4n) is 3.82. The number of aliphatic hydroxyl groups excluding tert-OH is 3. The van der Waals surface area contributed by atoms with Gasteiger partial charge in [0.1, 0.15) is 18.5 Å². The fourth-order valence-corrected chi connectivity index (χ4v) is 3.82. The van der Waals surface area contributed by atoms with Crippen molar-refractivity contribution in [1.29, 1.82) is 0 Å². The highest BCUT2D eigenvalue weighted by atomic mass is 16.5. The number of nitrogen functional groups attached to an aromatic ring is 1. The van der Waals surface area contributed by atoms with E-state index in [1.54, 1.807) is 18.2 Å². The Morgan fingerprint density at radius 3 is 2.90 bits per heavy atom. The lowest BCUT2D eigenvalue weighted by atomic mass is 10.0. The smallest absolute Gasteiger partial charge is 0.258 e. The summed E-state index contributed by atoms with van der Waals surface area (Å²) >= 11 is 0. The van der Waals surface area contributed by atoms with Gasteiger partial charge in [-0.25, -0.2) is 0 Å². The summed E-state index contributed by atoms with van der Waals surface area (Å²) in [6.07, 6.45) is 0.889. The van der Waals surface area contributed by atoms with Crippen LogP contribution in [0.1, 0.15) is 23.6 Å². The predicted molar refractivity (Wildman–Crippen MR) is 114 cm³/mol. The van der Waals surface area contributed by atoms with Gasteiger partial charge in [-0.15, -0.1) is 0 Å². The Morgan fingerprint density at radius 2 is 2.13 bits per heavy atom. The van der Waals surface area contributed by atoms with Crippen LogP contribution in [0.2, 0.25) is 0 Å². The van der Waals surface area contributed by atoms with E-state index in [4.69, 9.17) is 25.2 Å². The number of nitrogens with one attached hydrogen (secondary N) is 1. The SMILES string of the molecule is Nc1cc(-c2nc(-c3cccc4c3CCC4NCCO)no2)ccc1OC[C@@H](O)CO. The second-order valence-electron chi connectivity index (χ2n) is 7.47. The van der Waals surface area contributed by atoms with Crippen LogP contribution in [0.15, 0.2) is 40.9 Å². The quantitative estimate of drug-likeness (QED) is 0.319. The number of anilines is 1. The summed E-state index contributed by atoms with van der Waals surface area (Å²) in [5, 5.41) is 34.9. The molecule has 0 aliphatic heterocycles. The molecule has 1 unspecified atom stereocenters. The minimum absolute atomic E-state index is 0.0575. The fraction of sp³-hybridized carbons (Fsp3) is 0.364. The van der Waals surface area contributed by atoms with E-state index in [2.05, 4.69) is 21.5 Å². The van der Waals surface area contributed by atoms with Gasteiger partial charge in [-0.05, 0) is 42.2 Å². The number of ether oxygens (including phenoxy) is 1. The van der Waals surface area contributed by atoms with Gasteiger partial charge in [0.05, 0.1) is 18.9 Å². The molecule has 0 saturated carbocycles. The molecular formula is C22H26N4O5. The molecule has 0 spiro atoms.